The lowest BCUT2D eigenvalue weighted by Gasteiger charge is -2.30. The van der Waals surface area contributed by atoms with Crippen molar-refractivity contribution < 1.29 is 9.53 Å². The Morgan fingerprint density at radius 3 is 2.13 bits per heavy atom. The minimum Gasteiger partial charge on any atom is -0.444 e. The van der Waals surface area contributed by atoms with Crippen LogP contribution in [0.4, 0.5) is 4.79 Å². The Morgan fingerprint density at radius 2 is 1.57 bits per heavy atom. The van der Waals surface area contributed by atoms with E-state index in [-0.39, 0.29) is 6.09 Å². The summed E-state index contributed by atoms with van der Waals surface area (Å²) < 4.78 is 5.38. The number of ether oxygens (including phenoxy) is 1. The van der Waals surface area contributed by atoms with Gasteiger partial charge in [0.05, 0.1) is 0 Å². The molecule has 0 aromatic rings. The number of nitrogens with one attached hydrogen (secondary N) is 2. The molecule has 2 aliphatic carbocycles. The zero-order valence-corrected chi connectivity index (χ0v) is 15.3. The van der Waals surface area contributed by atoms with Crippen LogP contribution in [0.5, 0.6) is 0 Å². The van der Waals surface area contributed by atoms with Crippen molar-refractivity contribution in [2.75, 3.05) is 6.54 Å². The molecule has 2 aliphatic rings. The van der Waals surface area contributed by atoms with Gasteiger partial charge in [-0.1, -0.05) is 38.5 Å². The van der Waals surface area contributed by atoms with E-state index in [9.17, 15) is 4.79 Å². The SMILES string of the molecule is CC(C)(C)OC(=O)NCC(NC1CCCCCC1)C1CCCC1. The summed E-state index contributed by atoms with van der Waals surface area (Å²) in [5.41, 5.74) is -0.429. The maximum absolute atomic E-state index is 12.0. The summed E-state index contributed by atoms with van der Waals surface area (Å²) in [6, 6.07) is 1.02. The Bertz CT molecular complexity index is 351. The predicted octanol–water partition coefficient (Wildman–Crippen LogP) is 4.38. The first-order valence-electron chi connectivity index (χ1n) is 9.67. The Hall–Kier alpha value is -0.770. The second-order valence-corrected chi connectivity index (χ2v) is 8.39. The van der Waals surface area contributed by atoms with E-state index in [0.29, 0.717) is 24.5 Å². The summed E-state index contributed by atoms with van der Waals surface area (Å²) in [7, 11) is 0. The summed E-state index contributed by atoms with van der Waals surface area (Å²) in [6.45, 7) is 6.41. The average molecular weight is 325 g/mol. The molecule has 2 N–H and O–H groups in total. The van der Waals surface area contributed by atoms with Gasteiger partial charge in [0.1, 0.15) is 5.60 Å². The fourth-order valence-electron chi connectivity index (χ4n) is 3.98. The molecule has 2 saturated carbocycles. The van der Waals surface area contributed by atoms with E-state index >= 15 is 0 Å². The highest BCUT2D eigenvalue weighted by Crippen LogP contribution is 2.29. The molecule has 1 amide bonds. The van der Waals surface area contributed by atoms with Gasteiger partial charge in [0.25, 0.3) is 0 Å². The second-order valence-electron chi connectivity index (χ2n) is 8.39. The van der Waals surface area contributed by atoms with Crippen LogP contribution in [0.3, 0.4) is 0 Å². The van der Waals surface area contributed by atoms with Crippen LogP contribution in [0.25, 0.3) is 0 Å². The van der Waals surface area contributed by atoms with E-state index in [1.807, 2.05) is 20.8 Å². The molecule has 0 aromatic carbocycles. The summed E-state index contributed by atoms with van der Waals surface area (Å²) in [5.74, 6) is 0.702. The van der Waals surface area contributed by atoms with E-state index < -0.39 is 5.60 Å². The fourth-order valence-corrected chi connectivity index (χ4v) is 3.98. The number of amides is 1. The topological polar surface area (TPSA) is 50.4 Å². The fraction of sp³-hybridized carbons (Fsp3) is 0.947. The van der Waals surface area contributed by atoms with Gasteiger partial charge < -0.3 is 15.4 Å². The molecular formula is C19H36N2O2. The minimum absolute atomic E-state index is 0.289. The van der Waals surface area contributed by atoms with Gasteiger partial charge >= 0.3 is 6.09 Å². The van der Waals surface area contributed by atoms with E-state index in [1.165, 1.54) is 64.2 Å². The molecular weight excluding hydrogens is 288 g/mol. The van der Waals surface area contributed by atoms with Crippen molar-refractivity contribution in [3.63, 3.8) is 0 Å². The van der Waals surface area contributed by atoms with Crippen LogP contribution in [0.2, 0.25) is 0 Å². The number of hydrogen-bond acceptors (Lipinski definition) is 3. The van der Waals surface area contributed by atoms with Gasteiger partial charge in [0, 0.05) is 18.6 Å². The Morgan fingerprint density at radius 1 is 1.00 bits per heavy atom. The number of carbonyl (C=O) groups excluding carboxylic acids is 1. The molecule has 0 heterocycles. The normalized spacial score (nSPS) is 22.6. The monoisotopic (exact) mass is 324 g/mol. The molecule has 1 unspecified atom stereocenters. The Kier molecular flexibility index (Phi) is 7.19. The largest absolute Gasteiger partial charge is 0.444 e. The van der Waals surface area contributed by atoms with Gasteiger partial charge in [-0.15, -0.1) is 0 Å². The third kappa shape index (κ3) is 7.11. The van der Waals surface area contributed by atoms with Gasteiger partial charge in [-0.25, -0.2) is 4.79 Å². The Labute approximate surface area is 142 Å². The van der Waals surface area contributed by atoms with Crippen molar-refractivity contribution in [3.8, 4) is 0 Å². The lowest BCUT2D eigenvalue weighted by Crippen LogP contribution is -2.49. The maximum Gasteiger partial charge on any atom is 0.407 e. The van der Waals surface area contributed by atoms with Gasteiger partial charge in [-0.05, 0) is 52.4 Å². The summed E-state index contributed by atoms with van der Waals surface area (Å²) in [4.78, 5) is 12.0. The van der Waals surface area contributed by atoms with E-state index in [0.717, 1.165) is 0 Å². The molecule has 23 heavy (non-hydrogen) atoms. The number of alkyl carbamates (subject to hydrolysis) is 1. The smallest absolute Gasteiger partial charge is 0.407 e. The van der Waals surface area contributed by atoms with Crippen LogP contribution in [0, 0.1) is 5.92 Å². The second kappa shape index (κ2) is 8.91. The highest BCUT2D eigenvalue weighted by molar-refractivity contribution is 5.67. The van der Waals surface area contributed by atoms with Crippen LogP contribution >= 0.6 is 0 Å². The molecule has 0 aliphatic heterocycles. The van der Waals surface area contributed by atoms with Crippen molar-refractivity contribution >= 4 is 6.09 Å². The number of carbonyl (C=O) groups is 1. The third-order valence-electron chi connectivity index (χ3n) is 5.14. The van der Waals surface area contributed by atoms with E-state index in [4.69, 9.17) is 4.74 Å². The first-order valence-corrected chi connectivity index (χ1v) is 9.67. The quantitative estimate of drug-likeness (QED) is 0.738. The highest BCUT2D eigenvalue weighted by atomic mass is 16.6. The minimum atomic E-state index is -0.429. The van der Waals surface area contributed by atoms with Crippen molar-refractivity contribution in [1.29, 1.82) is 0 Å². The van der Waals surface area contributed by atoms with Crippen LogP contribution < -0.4 is 10.6 Å². The van der Waals surface area contributed by atoms with Crippen LogP contribution in [0.15, 0.2) is 0 Å². The van der Waals surface area contributed by atoms with Gasteiger partial charge in [0.15, 0.2) is 0 Å². The molecule has 0 saturated heterocycles. The van der Waals surface area contributed by atoms with E-state index in [1.54, 1.807) is 0 Å². The van der Waals surface area contributed by atoms with Crippen molar-refractivity contribution in [2.24, 2.45) is 5.92 Å². The highest BCUT2D eigenvalue weighted by Gasteiger charge is 2.28. The van der Waals surface area contributed by atoms with E-state index in [2.05, 4.69) is 10.6 Å². The van der Waals surface area contributed by atoms with Crippen molar-refractivity contribution in [2.45, 2.75) is 103 Å². The van der Waals surface area contributed by atoms with Crippen molar-refractivity contribution in [3.05, 3.63) is 0 Å². The zero-order chi connectivity index (χ0) is 16.7. The number of hydrogen-bond donors (Lipinski definition) is 2. The summed E-state index contributed by atoms with van der Waals surface area (Å²) in [6.07, 6.45) is 13.0. The third-order valence-corrected chi connectivity index (χ3v) is 5.14. The molecule has 0 radical (unpaired) electrons. The van der Waals surface area contributed by atoms with Gasteiger partial charge in [-0.2, -0.15) is 0 Å². The predicted molar refractivity (Wildman–Crippen MR) is 94.6 cm³/mol. The van der Waals surface area contributed by atoms with Gasteiger partial charge in [0.2, 0.25) is 0 Å². The average Bonchev–Trinajstić information content (AvgIpc) is 2.86. The van der Waals surface area contributed by atoms with Crippen LogP contribution in [0.1, 0.15) is 85.0 Å². The molecule has 4 heteroatoms. The van der Waals surface area contributed by atoms with Gasteiger partial charge in [-0.3, -0.25) is 0 Å². The molecule has 0 aromatic heterocycles. The lowest BCUT2D eigenvalue weighted by molar-refractivity contribution is 0.0516. The summed E-state index contributed by atoms with van der Waals surface area (Å²) >= 11 is 0. The first kappa shape index (κ1) is 18.6. The molecule has 0 bridgehead atoms. The molecule has 4 nitrogen and oxygen atoms in total. The van der Waals surface area contributed by atoms with Crippen LogP contribution in [-0.4, -0.2) is 30.3 Å². The Balaban J connectivity index is 1.85. The lowest BCUT2D eigenvalue weighted by atomic mass is 9.96. The van der Waals surface area contributed by atoms with Crippen LogP contribution in [-0.2, 0) is 4.74 Å². The molecule has 134 valence electrons. The maximum atomic E-state index is 12.0. The molecule has 1 atom stereocenters. The standard InChI is InChI=1S/C19H36N2O2/c1-19(2,3)23-18(22)20-14-17(15-10-8-9-11-15)21-16-12-6-4-5-7-13-16/h15-17,21H,4-14H2,1-3H3,(H,20,22). The molecule has 0 spiro atoms. The molecule has 2 rings (SSSR count). The number of rotatable bonds is 5. The van der Waals surface area contributed by atoms with Crippen molar-refractivity contribution in [1.82, 2.24) is 10.6 Å². The zero-order valence-electron chi connectivity index (χ0n) is 15.3. The molecule has 2 fully saturated rings. The summed E-state index contributed by atoms with van der Waals surface area (Å²) in [5, 5.41) is 6.88. The first-order chi connectivity index (χ1) is 10.9.